The Morgan fingerprint density at radius 1 is 1.75 bits per heavy atom. The first kappa shape index (κ1) is 6.91. The van der Waals surface area contributed by atoms with Crippen molar-refractivity contribution in [2.75, 3.05) is 0 Å². The van der Waals surface area contributed by atoms with Gasteiger partial charge in [-0.05, 0) is 0 Å². The zero-order chi connectivity index (χ0) is 6.41. The van der Waals surface area contributed by atoms with Gasteiger partial charge in [0.1, 0.15) is 0 Å². The van der Waals surface area contributed by atoms with Gasteiger partial charge in [-0.25, -0.2) is 4.79 Å². The number of hydrogen-bond donors (Lipinski definition) is 1. The van der Waals surface area contributed by atoms with Gasteiger partial charge >= 0.3 is 5.97 Å². The molecule has 0 aliphatic heterocycles. The maximum Gasteiger partial charge on any atom is 0.349 e. The smallest absolute Gasteiger partial charge is 0.349 e. The van der Waals surface area contributed by atoms with Crippen LogP contribution in [0, 0.1) is 0 Å². The molecule has 44 valence electrons. The molecular formula is C5H7NO2. The Morgan fingerprint density at radius 2 is 2.38 bits per heavy atom. The van der Waals surface area contributed by atoms with Crippen LogP contribution in [0.1, 0.15) is 0 Å². The highest BCUT2D eigenvalue weighted by Crippen LogP contribution is 1.74. The van der Waals surface area contributed by atoms with Gasteiger partial charge in [-0.1, -0.05) is 18.7 Å². The van der Waals surface area contributed by atoms with Crippen LogP contribution in [-0.2, 0) is 9.63 Å². The first-order chi connectivity index (χ1) is 3.81. The first-order valence-electron chi connectivity index (χ1n) is 2.01. The summed E-state index contributed by atoms with van der Waals surface area (Å²) in [6.07, 6.45) is 4.07. The van der Waals surface area contributed by atoms with Gasteiger partial charge in [0.05, 0.1) is 0 Å². The SMILES string of the molecule is C=C/C=C/C(=O)ON. The number of carbonyl (C=O) groups excluding carboxylic acids is 1. The Kier molecular flexibility index (Phi) is 3.52. The quantitative estimate of drug-likeness (QED) is 0.315. The van der Waals surface area contributed by atoms with Crippen LogP contribution < -0.4 is 5.90 Å². The molecule has 0 fully saturated rings. The Bertz CT molecular complexity index is 118. The molecule has 0 saturated carbocycles. The van der Waals surface area contributed by atoms with Crippen LogP contribution in [0.15, 0.2) is 24.8 Å². The summed E-state index contributed by atoms with van der Waals surface area (Å²) in [5.74, 6) is 3.90. The van der Waals surface area contributed by atoms with E-state index in [1.807, 2.05) is 0 Å². The average Bonchev–Trinajstić information content (AvgIpc) is 1.83. The van der Waals surface area contributed by atoms with Crippen LogP contribution in [0.3, 0.4) is 0 Å². The van der Waals surface area contributed by atoms with E-state index in [1.54, 1.807) is 0 Å². The predicted octanol–water partition coefficient (Wildman–Crippen LogP) is 0.146. The van der Waals surface area contributed by atoms with Crippen molar-refractivity contribution in [3.8, 4) is 0 Å². The molecular weight excluding hydrogens is 106 g/mol. The van der Waals surface area contributed by atoms with Crippen LogP contribution in [0.2, 0.25) is 0 Å². The molecule has 0 unspecified atom stereocenters. The largest absolute Gasteiger partial charge is 0.370 e. The van der Waals surface area contributed by atoms with Gasteiger partial charge in [0.2, 0.25) is 0 Å². The van der Waals surface area contributed by atoms with E-state index < -0.39 is 5.97 Å². The molecule has 3 nitrogen and oxygen atoms in total. The van der Waals surface area contributed by atoms with E-state index in [-0.39, 0.29) is 0 Å². The van der Waals surface area contributed by atoms with Crippen molar-refractivity contribution in [1.82, 2.24) is 0 Å². The average molecular weight is 113 g/mol. The lowest BCUT2D eigenvalue weighted by Gasteiger charge is -1.83. The summed E-state index contributed by atoms with van der Waals surface area (Å²) < 4.78 is 0. The molecule has 0 saturated heterocycles. The second-order valence-corrected chi connectivity index (χ2v) is 1.03. The molecule has 0 radical (unpaired) electrons. The number of rotatable bonds is 2. The zero-order valence-corrected chi connectivity index (χ0v) is 4.33. The van der Waals surface area contributed by atoms with Crippen LogP contribution in [0.5, 0.6) is 0 Å². The lowest BCUT2D eigenvalue weighted by molar-refractivity contribution is -0.138. The summed E-state index contributed by atoms with van der Waals surface area (Å²) in [4.78, 5) is 13.9. The van der Waals surface area contributed by atoms with Crippen molar-refractivity contribution in [3.63, 3.8) is 0 Å². The van der Waals surface area contributed by atoms with Crippen LogP contribution in [0.4, 0.5) is 0 Å². The Morgan fingerprint density at radius 3 is 2.75 bits per heavy atom. The van der Waals surface area contributed by atoms with Crippen molar-refractivity contribution >= 4 is 5.97 Å². The third kappa shape index (κ3) is 3.11. The van der Waals surface area contributed by atoms with E-state index >= 15 is 0 Å². The minimum absolute atomic E-state index is 0.579. The number of carbonyl (C=O) groups is 1. The topological polar surface area (TPSA) is 52.3 Å². The van der Waals surface area contributed by atoms with E-state index in [2.05, 4.69) is 17.3 Å². The second-order valence-electron chi connectivity index (χ2n) is 1.03. The van der Waals surface area contributed by atoms with Gasteiger partial charge in [-0.3, -0.25) is 0 Å². The highest BCUT2D eigenvalue weighted by Gasteiger charge is 1.86. The molecule has 0 aromatic carbocycles. The maximum absolute atomic E-state index is 10.1. The molecule has 0 amide bonds. The lowest BCUT2D eigenvalue weighted by atomic mass is 10.5. The molecule has 8 heavy (non-hydrogen) atoms. The summed E-state index contributed by atoms with van der Waals surface area (Å²) in [6.45, 7) is 3.33. The van der Waals surface area contributed by atoms with Gasteiger partial charge in [0.25, 0.3) is 0 Å². The zero-order valence-electron chi connectivity index (χ0n) is 4.33. The molecule has 0 aliphatic rings. The monoisotopic (exact) mass is 113 g/mol. The third-order valence-electron chi connectivity index (χ3n) is 0.485. The molecule has 3 heteroatoms. The molecule has 0 bridgehead atoms. The van der Waals surface area contributed by atoms with Crippen molar-refractivity contribution in [2.24, 2.45) is 5.90 Å². The minimum Gasteiger partial charge on any atom is -0.370 e. The summed E-state index contributed by atoms with van der Waals surface area (Å²) >= 11 is 0. The van der Waals surface area contributed by atoms with Crippen molar-refractivity contribution in [3.05, 3.63) is 24.8 Å². The number of hydrogen-bond acceptors (Lipinski definition) is 3. The van der Waals surface area contributed by atoms with Crippen LogP contribution >= 0.6 is 0 Å². The van der Waals surface area contributed by atoms with E-state index in [4.69, 9.17) is 0 Å². The third-order valence-corrected chi connectivity index (χ3v) is 0.485. The van der Waals surface area contributed by atoms with Crippen LogP contribution in [0.25, 0.3) is 0 Å². The van der Waals surface area contributed by atoms with E-state index in [0.717, 1.165) is 0 Å². The summed E-state index contributed by atoms with van der Waals surface area (Å²) in [5.41, 5.74) is 0. The van der Waals surface area contributed by atoms with E-state index in [0.29, 0.717) is 0 Å². The molecule has 0 spiro atoms. The molecule has 0 aromatic rings. The molecule has 0 aliphatic carbocycles. The number of nitrogens with two attached hydrogens (primary N) is 1. The minimum atomic E-state index is -0.579. The standard InChI is InChI=1S/C5H7NO2/c1-2-3-4-5(7)8-6/h2-4H,1,6H2/b4-3+. The van der Waals surface area contributed by atoms with Crippen molar-refractivity contribution in [2.45, 2.75) is 0 Å². The summed E-state index contributed by atoms with van der Waals surface area (Å²) in [5, 5.41) is 0. The van der Waals surface area contributed by atoms with E-state index in [1.165, 1.54) is 18.2 Å². The molecule has 2 N–H and O–H groups in total. The lowest BCUT2D eigenvalue weighted by Crippen LogP contribution is -2.05. The Labute approximate surface area is 47.4 Å². The molecule has 0 atom stereocenters. The van der Waals surface area contributed by atoms with Gasteiger partial charge in [0.15, 0.2) is 0 Å². The van der Waals surface area contributed by atoms with Crippen LogP contribution in [-0.4, -0.2) is 5.97 Å². The van der Waals surface area contributed by atoms with Gasteiger partial charge in [-0.15, -0.1) is 0 Å². The summed E-state index contributed by atoms with van der Waals surface area (Å²) in [7, 11) is 0. The Balaban J connectivity index is 3.52. The first-order valence-corrected chi connectivity index (χ1v) is 2.01. The van der Waals surface area contributed by atoms with Gasteiger partial charge in [-0.2, -0.15) is 5.90 Å². The molecule has 0 aromatic heterocycles. The predicted molar refractivity (Wildman–Crippen MR) is 29.6 cm³/mol. The fourth-order valence-corrected chi connectivity index (χ4v) is 0.186. The van der Waals surface area contributed by atoms with Gasteiger partial charge in [0, 0.05) is 6.08 Å². The highest BCUT2D eigenvalue weighted by molar-refractivity contribution is 5.81. The fraction of sp³-hybridized carbons (Fsp3) is 0. The van der Waals surface area contributed by atoms with Crippen molar-refractivity contribution < 1.29 is 9.63 Å². The van der Waals surface area contributed by atoms with Gasteiger partial charge < -0.3 is 4.84 Å². The molecule has 0 rings (SSSR count). The second kappa shape index (κ2) is 4.08. The fourth-order valence-electron chi connectivity index (χ4n) is 0.186. The maximum atomic E-state index is 10.1. The molecule has 0 heterocycles. The Hall–Kier alpha value is -1.09. The van der Waals surface area contributed by atoms with Crippen molar-refractivity contribution in [1.29, 1.82) is 0 Å². The number of allylic oxidation sites excluding steroid dienone is 2. The van der Waals surface area contributed by atoms with E-state index in [9.17, 15) is 4.79 Å². The summed E-state index contributed by atoms with van der Waals surface area (Å²) in [6, 6.07) is 0. The highest BCUT2D eigenvalue weighted by atomic mass is 16.7. The normalized spacial score (nSPS) is 9.12.